The average molecular weight is 1430 g/mol. The van der Waals surface area contributed by atoms with Gasteiger partial charge in [-0.3, -0.25) is 9.59 Å². The number of rotatable bonds is 18. The standard InChI is InChI=1S/C69H102O31/c1-28-53(96-58-52(84)55(35(73)27-90-58)97-60-48(80)45(77)43(75)38(25-70)93-60)47(79)50(82)59(91-28)98-56-51(83)54(95-42(74)15-11-30-10-13-36(88-8)37(22-30)89-9)29(2)92-62(56)100-64(87)69-19-16-32-31(33(69)23-65(3,4)20-21-69)12-14-40-66(32,5)18-17-41-67(40,6)24-34(72)57(68(41,7)63(85)86)99-61-49(81)46(78)44(76)39(26-71)94-61/h10-13,15,22,28-29,32-35,38-41,43-62,70-73,75-84H,14,16-21,23-27H2,1-9H3,(H,85,86). The lowest BCUT2D eigenvalue weighted by atomic mass is 9.36. The number of aliphatic carboxylic acids is 1. The SMILES string of the molecule is COc1ccc(C=CC(=O)OC2C(C)OC(OC(=O)C34CCC5C(=CCC6C5(C)CCC5C6(C)CC(O)C(OC6OC(CO)C(O)C(O)C6O)C5(C)C(=O)O)C3CC(C)(C)CC4)C(OC3OC(C)C(OC4OCC(O)C(OC5OC(CO)C(O)C(O)C5O)C4O)C(O)C3O)C2O)cc1OC. The number of carboxylic acid groups (broad SMARTS) is 1. The number of allylic oxidation sites excluding steroid dienone is 2. The van der Waals surface area contributed by atoms with Crippen LogP contribution in [0.4, 0.5) is 0 Å². The Morgan fingerprint density at radius 2 is 1.14 bits per heavy atom. The van der Waals surface area contributed by atoms with E-state index in [0.29, 0.717) is 68.4 Å². The van der Waals surface area contributed by atoms with Crippen molar-refractivity contribution in [2.75, 3.05) is 34.0 Å². The van der Waals surface area contributed by atoms with Gasteiger partial charge in [-0.05, 0) is 142 Å². The zero-order chi connectivity index (χ0) is 72.8. The van der Waals surface area contributed by atoms with Crippen LogP contribution in [0.15, 0.2) is 35.9 Å². The lowest BCUT2D eigenvalue weighted by molar-refractivity contribution is -0.380. The Labute approximate surface area is 578 Å². The van der Waals surface area contributed by atoms with E-state index in [4.69, 9.17) is 61.6 Å². The monoisotopic (exact) mass is 1430 g/mol. The molecule has 0 amide bonds. The fraction of sp³-hybridized carbons (Fsp3) is 0.812. The summed E-state index contributed by atoms with van der Waals surface area (Å²) in [5, 5.41) is 165. The third kappa shape index (κ3) is 13.7. The fourth-order valence-corrected chi connectivity index (χ4v) is 18.8. The molecule has 10 aliphatic rings. The van der Waals surface area contributed by atoms with Crippen LogP contribution in [0.3, 0.4) is 0 Å². The van der Waals surface area contributed by atoms with Gasteiger partial charge < -0.3 is 138 Å². The topological polar surface area (TPSA) is 475 Å². The number of hydrogen-bond acceptors (Lipinski definition) is 30. The molecule has 31 nitrogen and oxygen atoms in total. The molecule has 5 heterocycles. The van der Waals surface area contributed by atoms with E-state index in [0.717, 1.165) is 11.6 Å². The summed E-state index contributed by atoms with van der Waals surface area (Å²) in [4.78, 5) is 43.4. The molecule has 4 saturated carbocycles. The van der Waals surface area contributed by atoms with E-state index in [9.17, 15) is 86.2 Å². The van der Waals surface area contributed by atoms with Crippen molar-refractivity contribution in [3.63, 3.8) is 0 Å². The first-order chi connectivity index (χ1) is 47.1. The van der Waals surface area contributed by atoms with Gasteiger partial charge >= 0.3 is 17.9 Å². The Morgan fingerprint density at radius 1 is 0.550 bits per heavy atom. The molecule has 5 aliphatic heterocycles. The van der Waals surface area contributed by atoms with Gasteiger partial charge in [0.25, 0.3) is 0 Å². The van der Waals surface area contributed by atoms with Crippen LogP contribution in [0.5, 0.6) is 11.5 Å². The molecule has 5 saturated heterocycles. The molecule has 1 aromatic carbocycles. The zero-order valence-electron chi connectivity index (χ0n) is 57.5. The van der Waals surface area contributed by atoms with E-state index in [1.165, 1.54) is 41.1 Å². The van der Waals surface area contributed by atoms with Crippen LogP contribution >= 0.6 is 0 Å². The number of methoxy groups -OCH3 is 2. The second-order valence-corrected chi connectivity index (χ2v) is 30.8. The van der Waals surface area contributed by atoms with Crippen LogP contribution < -0.4 is 9.47 Å². The molecule has 34 unspecified atom stereocenters. The lowest BCUT2D eigenvalue weighted by Gasteiger charge is -2.68. The normalized spacial score (nSPS) is 48.6. The highest BCUT2D eigenvalue weighted by molar-refractivity contribution is 5.87. The molecule has 0 radical (unpaired) electrons. The Kier molecular flexibility index (Phi) is 22.8. The Bertz CT molecular complexity index is 3110. The van der Waals surface area contributed by atoms with Crippen molar-refractivity contribution >= 4 is 24.0 Å². The second-order valence-electron chi connectivity index (χ2n) is 30.8. The Balaban J connectivity index is 0.842. The van der Waals surface area contributed by atoms with Crippen molar-refractivity contribution in [3.05, 3.63) is 41.5 Å². The summed E-state index contributed by atoms with van der Waals surface area (Å²) >= 11 is 0. The molecule has 5 aliphatic carbocycles. The smallest absolute Gasteiger partial charge is 0.331 e. The van der Waals surface area contributed by atoms with E-state index in [2.05, 4.69) is 26.8 Å². The van der Waals surface area contributed by atoms with Crippen LogP contribution in [0.25, 0.3) is 6.08 Å². The molecule has 15 N–H and O–H groups in total. The van der Waals surface area contributed by atoms with Gasteiger partial charge in [0.15, 0.2) is 48.9 Å². The first-order valence-corrected chi connectivity index (χ1v) is 34.6. The van der Waals surface area contributed by atoms with Crippen LogP contribution in [0, 0.1) is 50.7 Å². The summed E-state index contributed by atoms with van der Waals surface area (Å²) in [5.41, 5.74) is -3.03. The summed E-state index contributed by atoms with van der Waals surface area (Å²) in [6.07, 6.45) is -35.5. The van der Waals surface area contributed by atoms with E-state index < -0.39 is 231 Å². The van der Waals surface area contributed by atoms with E-state index in [1.54, 1.807) is 18.2 Å². The first kappa shape index (κ1) is 76.9. The lowest BCUT2D eigenvalue weighted by Crippen LogP contribution is -2.69. The highest BCUT2D eigenvalue weighted by atomic mass is 16.8. The number of fused-ring (bicyclic) bond motifs is 7. The average Bonchev–Trinajstić information content (AvgIpc) is 0.684. The predicted molar refractivity (Wildman–Crippen MR) is 338 cm³/mol. The number of carbonyl (C=O) groups is 3. The van der Waals surface area contributed by atoms with Crippen molar-refractivity contribution in [3.8, 4) is 11.5 Å². The molecule has 0 spiro atoms. The van der Waals surface area contributed by atoms with Crippen molar-refractivity contribution in [1.29, 1.82) is 0 Å². The summed E-state index contributed by atoms with van der Waals surface area (Å²) in [6.45, 7) is 10.8. The maximum Gasteiger partial charge on any atom is 0.331 e. The van der Waals surface area contributed by atoms with Crippen molar-refractivity contribution in [2.24, 2.45) is 50.7 Å². The molecule has 1 aromatic rings. The molecule has 11 rings (SSSR count). The number of hydrogen-bond donors (Lipinski definition) is 15. The molecular formula is C69H102O31. The molecular weight excluding hydrogens is 1320 g/mol. The minimum Gasteiger partial charge on any atom is -0.493 e. The Hall–Kier alpha value is -4.21. The van der Waals surface area contributed by atoms with Crippen LogP contribution in [-0.4, -0.2) is 288 Å². The molecule has 564 valence electrons. The molecule has 100 heavy (non-hydrogen) atoms. The third-order valence-electron chi connectivity index (χ3n) is 24.4. The summed E-state index contributed by atoms with van der Waals surface area (Å²) in [7, 11) is 2.92. The number of esters is 2. The van der Waals surface area contributed by atoms with Gasteiger partial charge in [0.2, 0.25) is 6.29 Å². The minimum absolute atomic E-state index is 0.0900. The Morgan fingerprint density at radius 3 is 1.77 bits per heavy atom. The van der Waals surface area contributed by atoms with Gasteiger partial charge in [-0.15, -0.1) is 0 Å². The molecule has 34 atom stereocenters. The predicted octanol–water partition coefficient (Wildman–Crippen LogP) is -1.59. The maximum absolute atomic E-state index is 15.8. The highest BCUT2D eigenvalue weighted by Gasteiger charge is 2.71. The van der Waals surface area contributed by atoms with Crippen LogP contribution in [-0.2, 0) is 66.5 Å². The number of aliphatic hydroxyl groups is 14. The van der Waals surface area contributed by atoms with E-state index in [-0.39, 0.29) is 23.7 Å². The van der Waals surface area contributed by atoms with E-state index >= 15 is 4.79 Å². The summed E-state index contributed by atoms with van der Waals surface area (Å²) < 4.78 is 76.8. The molecule has 0 bridgehead atoms. The first-order valence-electron chi connectivity index (χ1n) is 34.6. The number of carbonyl (C=O) groups excluding carboxylic acids is 2. The van der Waals surface area contributed by atoms with Crippen molar-refractivity contribution in [1.82, 2.24) is 0 Å². The van der Waals surface area contributed by atoms with Gasteiger partial charge in [0.05, 0.1) is 63.2 Å². The van der Waals surface area contributed by atoms with Gasteiger partial charge in [0, 0.05) is 6.08 Å². The summed E-state index contributed by atoms with van der Waals surface area (Å²) in [6, 6.07) is 4.91. The van der Waals surface area contributed by atoms with Crippen LogP contribution in [0.2, 0.25) is 0 Å². The number of aliphatic hydroxyl groups excluding tert-OH is 14. The van der Waals surface area contributed by atoms with Gasteiger partial charge in [-0.2, -0.15) is 0 Å². The third-order valence-corrected chi connectivity index (χ3v) is 24.4. The number of benzene rings is 1. The molecule has 31 heteroatoms. The number of carboxylic acids is 1. The second kappa shape index (κ2) is 29.6. The largest absolute Gasteiger partial charge is 0.493 e. The quantitative estimate of drug-likeness (QED) is 0.0341. The fourth-order valence-electron chi connectivity index (χ4n) is 18.8. The minimum atomic E-state index is -2.07. The van der Waals surface area contributed by atoms with Crippen molar-refractivity contribution in [2.45, 2.75) is 266 Å². The zero-order valence-corrected chi connectivity index (χ0v) is 57.5. The maximum atomic E-state index is 15.8. The highest BCUT2D eigenvalue weighted by Crippen LogP contribution is 2.73. The van der Waals surface area contributed by atoms with Crippen LogP contribution in [0.1, 0.15) is 112 Å². The van der Waals surface area contributed by atoms with Gasteiger partial charge in [-0.1, -0.05) is 45.4 Å². The number of ether oxygens (including phenoxy) is 13. The van der Waals surface area contributed by atoms with E-state index in [1.807, 2.05) is 6.92 Å². The molecule has 9 fully saturated rings. The van der Waals surface area contributed by atoms with Crippen molar-refractivity contribution < 1.29 is 153 Å². The summed E-state index contributed by atoms with van der Waals surface area (Å²) in [5.74, 6) is -3.41. The van der Waals surface area contributed by atoms with Gasteiger partial charge in [0.1, 0.15) is 97.7 Å². The van der Waals surface area contributed by atoms with Gasteiger partial charge in [-0.25, -0.2) is 4.79 Å². The molecule has 0 aromatic heterocycles.